The third kappa shape index (κ3) is 9.27. The van der Waals surface area contributed by atoms with Crippen molar-refractivity contribution in [1.82, 2.24) is 4.31 Å². The van der Waals surface area contributed by atoms with Gasteiger partial charge in [0.15, 0.2) is 24.5 Å². The molecule has 4 rings (SSSR count). The van der Waals surface area contributed by atoms with E-state index in [1.165, 1.54) is 0 Å². The Morgan fingerprint density at radius 2 is 1.39 bits per heavy atom. The van der Waals surface area contributed by atoms with Crippen molar-refractivity contribution in [3.05, 3.63) is 76.8 Å². The molecule has 262 valence electrons. The Kier molecular flexibility index (Phi) is 11.9. The lowest BCUT2D eigenvalue weighted by Crippen LogP contribution is -2.67. The second-order valence-electron chi connectivity index (χ2n) is 10.8. The van der Waals surface area contributed by atoms with Gasteiger partial charge in [-0.05, 0) is 35.0 Å². The van der Waals surface area contributed by atoms with Gasteiger partial charge < -0.3 is 28.4 Å². The van der Waals surface area contributed by atoms with Gasteiger partial charge in [-0.25, -0.2) is 8.42 Å². The molecular weight excluding hydrogens is 668 g/mol. The molecule has 0 bridgehead atoms. The van der Waals surface area contributed by atoms with Crippen LogP contribution in [0.4, 0.5) is 5.69 Å². The predicted octanol–water partition coefficient (Wildman–Crippen LogP) is 2.90. The molecule has 1 fully saturated rings. The number of fused-ring (bicyclic) bond motifs is 1. The fraction of sp³-hybridized carbons (Fsp3) is 0.375. The Bertz CT molecular complexity index is 1810. The van der Waals surface area contributed by atoms with Gasteiger partial charge in [-0.1, -0.05) is 30.3 Å². The number of nitro groups is 1. The van der Waals surface area contributed by atoms with E-state index in [4.69, 9.17) is 28.4 Å². The number of non-ortho nitro benzene ring substituents is 1. The van der Waals surface area contributed by atoms with Crippen LogP contribution in [0.1, 0.15) is 27.7 Å². The van der Waals surface area contributed by atoms with Gasteiger partial charge in [0.1, 0.15) is 25.1 Å². The molecule has 16 nitrogen and oxygen atoms in total. The van der Waals surface area contributed by atoms with Crippen molar-refractivity contribution in [1.29, 1.82) is 0 Å². The van der Waals surface area contributed by atoms with Gasteiger partial charge in [0, 0.05) is 39.8 Å². The summed E-state index contributed by atoms with van der Waals surface area (Å²) in [5, 5.41) is 13.1. The average molecular weight is 703 g/mol. The van der Waals surface area contributed by atoms with Crippen molar-refractivity contribution in [2.45, 2.75) is 63.2 Å². The molecular formula is C32H34N2O14S. The zero-order valence-electron chi connectivity index (χ0n) is 26.9. The van der Waals surface area contributed by atoms with E-state index in [1.54, 1.807) is 12.1 Å². The molecule has 17 heteroatoms. The van der Waals surface area contributed by atoms with Gasteiger partial charge in [-0.2, -0.15) is 4.31 Å². The van der Waals surface area contributed by atoms with Crippen molar-refractivity contribution in [2.75, 3.05) is 19.8 Å². The van der Waals surface area contributed by atoms with E-state index in [9.17, 15) is 37.7 Å². The first-order chi connectivity index (χ1) is 23.2. The number of benzene rings is 3. The Hall–Kier alpha value is -5.13. The highest BCUT2D eigenvalue weighted by atomic mass is 32.2. The van der Waals surface area contributed by atoms with Gasteiger partial charge in [-0.3, -0.25) is 29.3 Å². The number of esters is 4. The topological polar surface area (TPSA) is 204 Å². The van der Waals surface area contributed by atoms with E-state index in [0.717, 1.165) is 67.0 Å². The number of rotatable bonds is 13. The summed E-state index contributed by atoms with van der Waals surface area (Å²) in [5.74, 6) is -3.07. The van der Waals surface area contributed by atoms with Crippen molar-refractivity contribution in [2.24, 2.45) is 0 Å². The molecule has 0 N–H and O–H groups in total. The third-order valence-corrected chi connectivity index (χ3v) is 9.08. The number of ether oxygens (including phenoxy) is 6. The van der Waals surface area contributed by atoms with Crippen LogP contribution in [0.2, 0.25) is 0 Å². The quantitative estimate of drug-likeness (QED) is 0.109. The largest absolute Gasteiger partial charge is 0.492 e. The number of carbonyl (C=O) groups excluding carboxylic acids is 4. The van der Waals surface area contributed by atoms with Crippen LogP contribution in [0.25, 0.3) is 10.8 Å². The molecule has 49 heavy (non-hydrogen) atoms. The van der Waals surface area contributed by atoms with E-state index in [1.807, 2.05) is 30.3 Å². The highest BCUT2D eigenvalue weighted by molar-refractivity contribution is 7.89. The normalized spacial score (nSPS) is 20.6. The zero-order valence-corrected chi connectivity index (χ0v) is 27.7. The standard InChI is InChI=1S/C32H34N2O14S/c1-19(35)44-18-28-29(45-20(2)36)30(46-21(3)37)31(47-22(4)38)32(48-28)33(49(41,42)27-13-10-25(11-14-27)34(39)40)15-16-43-26-12-9-23-7-5-6-8-24(23)17-26/h5-14,17,28-32H,15-16,18H2,1-4H3/t28-,29-,30+,31-,32-/m1/s1. The Morgan fingerprint density at radius 1 is 0.796 bits per heavy atom. The maximum atomic E-state index is 14.3. The van der Waals surface area contributed by atoms with Gasteiger partial charge in [0.25, 0.3) is 5.69 Å². The van der Waals surface area contributed by atoms with E-state index in [-0.39, 0.29) is 12.3 Å². The maximum absolute atomic E-state index is 14.3. The van der Waals surface area contributed by atoms with Crippen molar-refractivity contribution in [3.63, 3.8) is 0 Å². The predicted molar refractivity (Wildman–Crippen MR) is 168 cm³/mol. The summed E-state index contributed by atoms with van der Waals surface area (Å²) in [5.41, 5.74) is -0.377. The molecule has 5 atom stereocenters. The Balaban J connectivity index is 1.81. The molecule has 1 heterocycles. The maximum Gasteiger partial charge on any atom is 0.303 e. The second kappa shape index (κ2) is 15.8. The summed E-state index contributed by atoms with van der Waals surface area (Å²) in [6, 6.07) is 16.7. The van der Waals surface area contributed by atoms with Crippen LogP contribution in [-0.2, 0) is 52.9 Å². The van der Waals surface area contributed by atoms with Crippen molar-refractivity contribution in [3.8, 4) is 5.75 Å². The van der Waals surface area contributed by atoms with E-state index >= 15 is 0 Å². The van der Waals surface area contributed by atoms with Crippen molar-refractivity contribution >= 4 is 50.4 Å². The number of nitro benzene ring substituents is 1. The monoisotopic (exact) mass is 702 g/mol. The van der Waals surface area contributed by atoms with E-state index < -0.39 is 87.5 Å². The second-order valence-corrected chi connectivity index (χ2v) is 12.7. The van der Waals surface area contributed by atoms with Crippen LogP contribution >= 0.6 is 0 Å². The molecule has 0 saturated carbocycles. The summed E-state index contributed by atoms with van der Waals surface area (Å²) in [4.78, 5) is 58.8. The van der Waals surface area contributed by atoms with Crippen LogP contribution < -0.4 is 4.74 Å². The minimum absolute atomic E-state index is 0.294. The lowest BCUT2D eigenvalue weighted by atomic mass is 9.97. The minimum atomic E-state index is -4.69. The molecule has 0 unspecified atom stereocenters. The lowest BCUT2D eigenvalue weighted by Gasteiger charge is -2.47. The summed E-state index contributed by atoms with van der Waals surface area (Å²) in [6.45, 7) is 2.85. The molecule has 0 aliphatic carbocycles. The molecule has 3 aromatic rings. The number of sulfonamides is 1. The SMILES string of the molecule is CC(=O)OC[C@H]1O[C@@H](N(CCOc2ccc3ccccc3c2)S(=O)(=O)c2ccc([N+](=O)[O-])cc2)[C@H](OC(C)=O)[C@@H](OC(C)=O)[C@@H]1OC(C)=O. The van der Waals surface area contributed by atoms with Crippen molar-refractivity contribution < 1.29 is 60.9 Å². The zero-order chi connectivity index (χ0) is 35.9. The number of nitrogens with zero attached hydrogens (tertiary/aromatic N) is 2. The Labute approximate surface area is 281 Å². The molecule has 1 aliphatic heterocycles. The fourth-order valence-corrected chi connectivity index (χ4v) is 6.72. The first kappa shape index (κ1) is 36.7. The van der Waals surface area contributed by atoms with Crippen LogP contribution in [0.15, 0.2) is 71.6 Å². The van der Waals surface area contributed by atoms with Crippen LogP contribution in [0.3, 0.4) is 0 Å². The summed E-state index contributed by atoms with van der Waals surface area (Å²) >= 11 is 0. The fourth-order valence-electron chi connectivity index (χ4n) is 5.21. The molecule has 0 radical (unpaired) electrons. The average Bonchev–Trinajstić information content (AvgIpc) is 3.03. The summed E-state index contributed by atoms with van der Waals surface area (Å²) in [6.07, 6.45) is -8.17. The highest BCUT2D eigenvalue weighted by Gasteiger charge is 2.55. The highest BCUT2D eigenvalue weighted by Crippen LogP contribution is 2.34. The van der Waals surface area contributed by atoms with Gasteiger partial charge in [-0.15, -0.1) is 0 Å². The molecule has 3 aromatic carbocycles. The Morgan fingerprint density at radius 3 is 1.98 bits per heavy atom. The molecule has 0 spiro atoms. The number of carbonyl (C=O) groups is 4. The molecule has 0 amide bonds. The molecule has 1 aliphatic rings. The van der Waals surface area contributed by atoms with Crippen LogP contribution in [0, 0.1) is 10.1 Å². The third-order valence-electron chi connectivity index (χ3n) is 7.21. The summed E-state index contributed by atoms with van der Waals surface area (Å²) in [7, 11) is -4.69. The van der Waals surface area contributed by atoms with E-state index in [0.29, 0.717) is 5.75 Å². The minimum Gasteiger partial charge on any atom is -0.492 e. The molecule has 1 saturated heterocycles. The number of hydrogen-bond acceptors (Lipinski definition) is 14. The van der Waals surface area contributed by atoms with Crippen LogP contribution in [0.5, 0.6) is 5.75 Å². The molecule has 0 aromatic heterocycles. The number of hydrogen-bond donors (Lipinski definition) is 0. The summed E-state index contributed by atoms with van der Waals surface area (Å²) < 4.78 is 62.9. The first-order valence-electron chi connectivity index (χ1n) is 14.9. The van der Waals surface area contributed by atoms with Gasteiger partial charge in [0.05, 0.1) is 16.4 Å². The first-order valence-corrected chi connectivity index (χ1v) is 16.3. The smallest absolute Gasteiger partial charge is 0.303 e. The lowest BCUT2D eigenvalue weighted by molar-refractivity contribution is -0.384. The van der Waals surface area contributed by atoms with Crippen LogP contribution in [-0.4, -0.2) is 91.9 Å². The van der Waals surface area contributed by atoms with Gasteiger partial charge in [0.2, 0.25) is 10.0 Å². The van der Waals surface area contributed by atoms with E-state index in [2.05, 4.69) is 0 Å². The van der Waals surface area contributed by atoms with Gasteiger partial charge >= 0.3 is 23.9 Å².